The van der Waals surface area contributed by atoms with Crippen molar-refractivity contribution in [3.05, 3.63) is 58.6 Å². The molecule has 3 N–H and O–H groups in total. The number of hydrogen-bond acceptors (Lipinski definition) is 5. The summed E-state index contributed by atoms with van der Waals surface area (Å²) in [7, 11) is 1.74. The molecule has 3 aromatic rings. The van der Waals surface area contributed by atoms with E-state index in [1.165, 1.54) is 6.07 Å². The van der Waals surface area contributed by atoms with Gasteiger partial charge in [0.15, 0.2) is 0 Å². The largest absolute Gasteiger partial charge is 0.493 e. The number of nitro benzene ring substituents is 1. The lowest BCUT2D eigenvalue weighted by Crippen LogP contribution is -2.10. The van der Waals surface area contributed by atoms with Crippen molar-refractivity contribution in [1.82, 2.24) is 4.57 Å². The van der Waals surface area contributed by atoms with Gasteiger partial charge in [-0.05, 0) is 12.1 Å². The van der Waals surface area contributed by atoms with Gasteiger partial charge in [0.1, 0.15) is 11.4 Å². The summed E-state index contributed by atoms with van der Waals surface area (Å²) in [6, 6.07) is 13.8. The average molecular weight is 298 g/mol. The minimum atomic E-state index is -0.465. The fraction of sp³-hybridized carbons (Fsp3) is 0.0667. The number of nitrogens with zero attached hydrogens (tertiary/aromatic N) is 2. The van der Waals surface area contributed by atoms with Crippen molar-refractivity contribution in [3.8, 4) is 5.88 Å². The molecule has 22 heavy (non-hydrogen) atoms. The fourth-order valence-electron chi connectivity index (χ4n) is 2.37. The molecule has 0 saturated heterocycles. The molecular weight excluding hydrogens is 284 g/mol. The van der Waals surface area contributed by atoms with E-state index < -0.39 is 4.92 Å². The Balaban J connectivity index is 1.96. The molecule has 7 nitrogen and oxygen atoms in total. The number of nitro groups is 1. The van der Waals surface area contributed by atoms with Gasteiger partial charge < -0.3 is 9.67 Å². The SMILES string of the molecule is Cn1c(O)c(NNc2ccccc2[N+](=O)[O-])c2ccccc21. The molecule has 1 aromatic heterocycles. The van der Waals surface area contributed by atoms with Gasteiger partial charge in [-0.3, -0.25) is 21.0 Å². The molecule has 1 heterocycles. The summed E-state index contributed by atoms with van der Waals surface area (Å²) in [6.45, 7) is 0. The van der Waals surface area contributed by atoms with Crippen LogP contribution in [-0.2, 0) is 7.05 Å². The van der Waals surface area contributed by atoms with E-state index in [0.29, 0.717) is 11.4 Å². The zero-order valence-electron chi connectivity index (χ0n) is 11.8. The maximum Gasteiger partial charge on any atom is 0.294 e. The summed E-state index contributed by atoms with van der Waals surface area (Å²) < 4.78 is 1.64. The maximum atomic E-state index is 11.0. The molecule has 0 aliphatic rings. The molecule has 112 valence electrons. The van der Waals surface area contributed by atoms with Crippen LogP contribution in [0.3, 0.4) is 0 Å². The highest BCUT2D eigenvalue weighted by Crippen LogP contribution is 2.35. The number of aromatic nitrogens is 1. The predicted octanol–water partition coefficient (Wildman–Crippen LogP) is 3.23. The van der Waals surface area contributed by atoms with Gasteiger partial charge >= 0.3 is 0 Å². The average Bonchev–Trinajstić information content (AvgIpc) is 2.77. The van der Waals surface area contributed by atoms with Crippen molar-refractivity contribution in [3.63, 3.8) is 0 Å². The molecule has 0 spiro atoms. The Morgan fingerprint density at radius 1 is 1.09 bits per heavy atom. The van der Waals surface area contributed by atoms with Gasteiger partial charge in [-0.1, -0.05) is 30.3 Å². The van der Waals surface area contributed by atoms with Gasteiger partial charge in [0.25, 0.3) is 5.69 Å². The van der Waals surface area contributed by atoms with Crippen LogP contribution in [0.15, 0.2) is 48.5 Å². The van der Waals surface area contributed by atoms with Crippen LogP contribution in [0.2, 0.25) is 0 Å². The van der Waals surface area contributed by atoms with Crippen molar-refractivity contribution in [1.29, 1.82) is 0 Å². The van der Waals surface area contributed by atoms with Gasteiger partial charge in [-0.25, -0.2) is 0 Å². The number of para-hydroxylation sites is 3. The number of aryl methyl sites for hydroxylation is 1. The monoisotopic (exact) mass is 298 g/mol. The highest BCUT2D eigenvalue weighted by molar-refractivity contribution is 5.97. The third kappa shape index (κ3) is 2.18. The van der Waals surface area contributed by atoms with Crippen LogP contribution < -0.4 is 10.9 Å². The third-order valence-corrected chi connectivity index (χ3v) is 3.50. The summed E-state index contributed by atoms with van der Waals surface area (Å²) in [5.41, 5.74) is 7.25. The minimum absolute atomic E-state index is 0.0465. The van der Waals surface area contributed by atoms with Crippen LogP contribution in [0.4, 0.5) is 17.1 Å². The number of hydrogen-bond donors (Lipinski definition) is 3. The Labute approximate surface area is 125 Å². The van der Waals surface area contributed by atoms with Gasteiger partial charge in [-0.2, -0.15) is 0 Å². The molecule has 2 aromatic carbocycles. The number of anilines is 2. The second kappa shape index (κ2) is 5.28. The van der Waals surface area contributed by atoms with Gasteiger partial charge in [0, 0.05) is 18.5 Å². The highest BCUT2D eigenvalue weighted by atomic mass is 16.6. The Morgan fingerprint density at radius 2 is 1.77 bits per heavy atom. The van der Waals surface area contributed by atoms with Crippen molar-refractivity contribution in [2.75, 3.05) is 10.9 Å². The van der Waals surface area contributed by atoms with E-state index in [0.717, 1.165) is 10.9 Å². The van der Waals surface area contributed by atoms with Gasteiger partial charge in [-0.15, -0.1) is 0 Å². The number of rotatable bonds is 4. The lowest BCUT2D eigenvalue weighted by atomic mass is 10.2. The first-order valence-electron chi connectivity index (χ1n) is 6.61. The van der Waals surface area contributed by atoms with Crippen molar-refractivity contribution in [2.24, 2.45) is 7.05 Å². The molecule has 0 aliphatic heterocycles. The normalized spacial score (nSPS) is 10.6. The standard InChI is InChI=1S/C15H14N4O3/c1-18-12-8-4-2-6-10(12)14(15(18)20)17-16-11-7-3-5-9-13(11)19(21)22/h2-9,16-17,20H,1H3. The highest BCUT2D eigenvalue weighted by Gasteiger charge is 2.16. The lowest BCUT2D eigenvalue weighted by molar-refractivity contribution is -0.383. The van der Waals surface area contributed by atoms with Crippen molar-refractivity contribution >= 4 is 28.0 Å². The summed E-state index contributed by atoms with van der Waals surface area (Å²) in [6.07, 6.45) is 0. The van der Waals surface area contributed by atoms with E-state index >= 15 is 0 Å². The van der Waals surface area contributed by atoms with Crippen LogP contribution in [0.5, 0.6) is 5.88 Å². The number of nitrogens with one attached hydrogen (secondary N) is 2. The van der Waals surface area contributed by atoms with Crippen LogP contribution in [0.1, 0.15) is 0 Å². The molecule has 0 radical (unpaired) electrons. The molecule has 0 aliphatic carbocycles. The second-order valence-electron chi connectivity index (χ2n) is 4.80. The van der Waals surface area contributed by atoms with E-state index in [9.17, 15) is 15.2 Å². The predicted molar refractivity (Wildman–Crippen MR) is 84.9 cm³/mol. The van der Waals surface area contributed by atoms with E-state index in [-0.39, 0.29) is 11.6 Å². The van der Waals surface area contributed by atoms with E-state index in [1.54, 1.807) is 29.8 Å². The van der Waals surface area contributed by atoms with Crippen LogP contribution in [0, 0.1) is 10.1 Å². The van der Waals surface area contributed by atoms with Crippen LogP contribution in [-0.4, -0.2) is 14.6 Å². The van der Waals surface area contributed by atoms with Gasteiger partial charge in [0.2, 0.25) is 5.88 Å². The molecule has 0 amide bonds. The number of aromatic hydroxyl groups is 1. The molecule has 3 rings (SSSR count). The molecule has 0 saturated carbocycles. The minimum Gasteiger partial charge on any atom is -0.493 e. The lowest BCUT2D eigenvalue weighted by Gasteiger charge is -2.09. The molecule has 0 fully saturated rings. The zero-order chi connectivity index (χ0) is 15.7. The zero-order valence-corrected chi connectivity index (χ0v) is 11.8. The quantitative estimate of drug-likeness (QED) is 0.508. The summed E-state index contributed by atoms with van der Waals surface area (Å²) in [4.78, 5) is 10.5. The smallest absolute Gasteiger partial charge is 0.294 e. The van der Waals surface area contributed by atoms with E-state index in [4.69, 9.17) is 0 Å². The summed E-state index contributed by atoms with van der Waals surface area (Å²) in [5.74, 6) is 0.0484. The van der Waals surface area contributed by atoms with Crippen molar-refractivity contribution < 1.29 is 10.0 Å². The molecule has 0 atom stereocenters. The number of fused-ring (bicyclic) bond motifs is 1. The summed E-state index contributed by atoms with van der Waals surface area (Å²) in [5, 5.41) is 22.0. The molecule has 0 unspecified atom stereocenters. The first kappa shape index (κ1) is 13.7. The van der Waals surface area contributed by atoms with Gasteiger partial charge in [0.05, 0.1) is 10.4 Å². The number of hydrazine groups is 1. The Hall–Kier alpha value is -3.22. The van der Waals surface area contributed by atoms with E-state index in [2.05, 4.69) is 10.9 Å². The van der Waals surface area contributed by atoms with Crippen LogP contribution >= 0.6 is 0 Å². The second-order valence-corrected chi connectivity index (χ2v) is 4.80. The molecule has 0 bridgehead atoms. The van der Waals surface area contributed by atoms with E-state index in [1.807, 2.05) is 24.3 Å². The summed E-state index contributed by atoms with van der Waals surface area (Å²) >= 11 is 0. The van der Waals surface area contributed by atoms with Crippen molar-refractivity contribution in [2.45, 2.75) is 0 Å². The Kier molecular flexibility index (Phi) is 3.30. The topological polar surface area (TPSA) is 92.4 Å². The first-order chi connectivity index (χ1) is 10.6. The first-order valence-corrected chi connectivity index (χ1v) is 6.61. The third-order valence-electron chi connectivity index (χ3n) is 3.50. The molecule has 7 heteroatoms. The maximum absolute atomic E-state index is 11.0. The van der Waals surface area contributed by atoms with Crippen LogP contribution in [0.25, 0.3) is 10.9 Å². The molecular formula is C15H14N4O3. The Bertz CT molecular complexity index is 857. The Morgan fingerprint density at radius 3 is 2.55 bits per heavy atom. The number of benzene rings is 2. The fourth-order valence-corrected chi connectivity index (χ4v) is 2.37.